The van der Waals surface area contributed by atoms with Gasteiger partial charge < -0.3 is 10.6 Å². The van der Waals surface area contributed by atoms with E-state index in [0.717, 1.165) is 25.9 Å². The van der Waals surface area contributed by atoms with Crippen LogP contribution in [0.1, 0.15) is 41.8 Å². The quantitative estimate of drug-likeness (QED) is 0.785. The number of carbonyl (C=O) groups excluding carboxylic acids is 3. The van der Waals surface area contributed by atoms with Gasteiger partial charge in [0.25, 0.3) is 11.8 Å². The lowest BCUT2D eigenvalue weighted by Gasteiger charge is -2.19. The second-order valence-corrected chi connectivity index (χ2v) is 6.66. The molecule has 0 aromatic heterocycles. The molecule has 0 spiro atoms. The number of imide groups is 1. The maximum Gasteiger partial charge on any atom is 0.252 e. The summed E-state index contributed by atoms with van der Waals surface area (Å²) in [6.45, 7) is 5.43. The summed E-state index contributed by atoms with van der Waals surface area (Å²) < 4.78 is 0. The van der Waals surface area contributed by atoms with Crippen LogP contribution in [0, 0.1) is 0 Å². The first-order chi connectivity index (χ1) is 11.5. The third-order valence-corrected chi connectivity index (χ3v) is 4.62. The topological polar surface area (TPSA) is 78.5 Å². The Labute approximate surface area is 153 Å². The highest BCUT2D eigenvalue weighted by atomic mass is 35.5. The normalized spacial score (nSPS) is 20.1. The summed E-state index contributed by atoms with van der Waals surface area (Å²) in [7, 11) is 0. The van der Waals surface area contributed by atoms with Crippen molar-refractivity contribution in [2.24, 2.45) is 0 Å². The number of fused-ring (bicyclic) bond motifs is 1. The molecule has 1 atom stereocenters. The monoisotopic (exact) mass is 365 g/mol. The molecule has 3 rings (SSSR count). The highest BCUT2D eigenvalue weighted by Crippen LogP contribution is 2.18. The summed E-state index contributed by atoms with van der Waals surface area (Å²) in [6.07, 6.45) is 1.88. The van der Waals surface area contributed by atoms with E-state index < -0.39 is 6.04 Å². The molecule has 2 aliphatic heterocycles. The van der Waals surface area contributed by atoms with Gasteiger partial charge in [0.15, 0.2) is 0 Å². The molecule has 0 saturated carbocycles. The SMILES string of the molecule is CC(C)N1C(=O)CC(NC(=O)c2ccc3c(c2)CCNCC3)C1=O.Cl. The van der Waals surface area contributed by atoms with Crippen LogP contribution >= 0.6 is 12.4 Å². The van der Waals surface area contributed by atoms with Crippen molar-refractivity contribution in [3.63, 3.8) is 0 Å². The van der Waals surface area contributed by atoms with Gasteiger partial charge in [-0.1, -0.05) is 6.07 Å². The Morgan fingerprint density at radius 2 is 1.88 bits per heavy atom. The van der Waals surface area contributed by atoms with Crippen molar-refractivity contribution >= 4 is 30.1 Å². The first-order valence-electron chi connectivity index (χ1n) is 8.46. The summed E-state index contributed by atoms with van der Waals surface area (Å²) in [5.41, 5.74) is 2.97. The number of carbonyl (C=O) groups is 3. The van der Waals surface area contributed by atoms with E-state index in [1.165, 1.54) is 16.0 Å². The van der Waals surface area contributed by atoms with Crippen LogP contribution in [0.5, 0.6) is 0 Å². The number of rotatable bonds is 3. The maximum absolute atomic E-state index is 12.5. The molecule has 0 radical (unpaired) electrons. The highest BCUT2D eigenvalue weighted by molar-refractivity contribution is 6.08. The zero-order chi connectivity index (χ0) is 17.3. The van der Waals surface area contributed by atoms with E-state index >= 15 is 0 Å². The number of nitrogens with one attached hydrogen (secondary N) is 2. The second-order valence-electron chi connectivity index (χ2n) is 6.66. The van der Waals surface area contributed by atoms with E-state index in [4.69, 9.17) is 0 Å². The van der Waals surface area contributed by atoms with Crippen LogP contribution in [0.4, 0.5) is 0 Å². The van der Waals surface area contributed by atoms with Crippen LogP contribution in [0.25, 0.3) is 0 Å². The summed E-state index contributed by atoms with van der Waals surface area (Å²) in [5.74, 6) is -0.845. The first-order valence-corrected chi connectivity index (χ1v) is 8.46. The third-order valence-electron chi connectivity index (χ3n) is 4.62. The number of amides is 3. The molecule has 1 unspecified atom stereocenters. The van der Waals surface area contributed by atoms with Crippen molar-refractivity contribution in [2.75, 3.05) is 13.1 Å². The van der Waals surface area contributed by atoms with Crippen molar-refractivity contribution in [1.82, 2.24) is 15.5 Å². The highest BCUT2D eigenvalue weighted by Gasteiger charge is 2.40. The standard InChI is InChI=1S/C18H23N3O3.ClH/c1-11(2)21-16(22)10-15(18(21)24)20-17(23)14-4-3-12-5-7-19-8-6-13(12)9-14;/h3-4,9,11,15,19H,5-8,10H2,1-2H3,(H,20,23);1H. The lowest BCUT2D eigenvalue weighted by atomic mass is 9.99. The Kier molecular flexibility index (Phi) is 6.19. The van der Waals surface area contributed by atoms with Gasteiger partial charge in [0.05, 0.1) is 6.42 Å². The van der Waals surface area contributed by atoms with Crippen LogP contribution in [-0.4, -0.2) is 47.8 Å². The number of hydrogen-bond donors (Lipinski definition) is 2. The van der Waals surface area contributed by atoms with Gasteiger partial charge in [-0.2, -0.15) is 0 Å². The van der Waals surface area contributed by atoms with Gasteiger partial charge in [-0.15, -0.1) is 12.4 Å². The Balaban J connectivity index is 0.00000225. The molecule has 2 heterocycles. The number of hydrogen-bond acceptors (Lipinski definition) is 4. The first kappa shape index (κ1) is 19.4. The van der Waals surface area contributed by atoms with Crippen LogP contribution < -0.4 is 10.6 Å². The Morgan fingerprint density at radius 3 is 2.52 bits per heavy atom. The van der Waals surface area contributed by atoms with E-state index in [2.05, 4.69) is 10.6 Å². The molecule has 136 valence electrons. The Morgan fingerprint density at radius 1 is 1.20 bits per heavy atom. The number of halogens is 1. The van der Waals surface area contributed by atoms with E-state index in [9.17, 15) is 14.4 Å². The van der Waals surface area contributed by atoms with Gasteiger partial charge >= 0.3 is 0 Å². The van der Waals surface area contributed by atoms with E-state index in [1.807, 2.05) is 12.1 Å². The van der Waals surface area contributed by atoms with E-state index in [-0.39, 0.29) is 42.6 Å². The van der Waals surface area contributed by atoms with Crippen molar-refractivity contribution in [3.8, 4) is 0 Å². The predicted molar refractivity (Wildman–Crippen MR) is 96.8 cm³/mol. The fraction of sp³-hybridized carbons (Fsp3) is 0.500. The van der Waals surface area contributed by atoms with Gasteiger partial charge in [0, 0.05) is 11.6 Å². The molecule has 2 N–H and O–H groups in total. The fourth-order valence-electron chi connectivity index (χ4n) is 3.36. The average Bonchev–Trinajstić information content (AvgIpc) is 2.72. The molecule has 0 aliphatic carbocycles. The summed E-state index contributed by atoms with van der Waals surface area (Å²) >= 11 is 0. The Bertz CT molecular complexity index is 690. The molecule has 25 heavy (non-hydrogen) atoms. The molecule has 3 amide bonds. The molecule has 1 saturated heterocycles. The van der Waals surface area contributed by atoms with Gasteiger partial charge in [-0.25, -0.2) is 0 Å². The molecule has 2 aliphatic rings. The van der Waals surface area contributed by atoms with Crippen molar-refractivity contribution in [3.05, 3.63) is 34.9 Å². The minimum absolute atomic E-state index is 0. The molecular formula is C18H24ClN3O3. The number of nitrogens with zero attached hydrogens (tertiary/aromatic N) is 1. The number of benzene rings is 1. The van der Waals surface area contributed by atoms with Crippen molar-refractivity contribution < 1.29 is 14.4 Å². The summed E-state index contributed by atoms with van der Waals surface area (Å²) in [5, 5.41) is 6.06. The van der Waals surface area contributed by atoms with Crippen LogP contribution in [-0.2, 0) is 22.4 Å². The van der Waals surface area contributed by atoms with Crippen LogP contribution in [0.15, 0.2) is 18.2 Å². The zero-order valence-corrected chi connectivity index (χ0v) is 15.3. The average molecular weight is 366 g/mol. The van der Waals surface area contributed by atoms with Crippen LogP contribution in [0.3, 0.4) is 0 Å². The predicted octanol–water partition coefficient (Wildman–Crippen LogP) is 1.06. The van der Waals surface area contributed by atoms with E-state index in [0.29, 0.717) is 5.56 Å². The van der Waals surface area contributed by atoms with Crippen molar-refractivity contribution in [2.45, 2.75) is 45.2 Å². The summed E-state index contributed by atoms with van der Waals surface area (Å²) in [6, 6.07) is 4.74. The van der Waals surface area contributed by atoms with Gasteiger partial charge in [0.2, 0.25) is 5.91 Å². The fourth-order valence-corrected chi connectivity index (χ4v) is 3.36. The van der Waals surface area contributed by atoms with Gasteiger partial charge in [-0.3, -0.25) is 19.3 Å². The zero-order valence-electron chi connectivity index (χ0n) is 14.5. The molecular weight excluding hydrogens is 342 g/mol. The minimum atomic E-state index is -0.757. The molecule has 6 nitrogen and oxygen atoms in total. The largest absolute Gasteiger partial charge is 0.340 e. The summed E-state index contributed by atoms with van der Waals surface area (Å²) in [4.78, 5) is 37.9. The molecule has 1 aromatic rings. The van der Waals surface area contributed by atoms with Gasteiger partial charge in [0.1, 0.15) is 6.04 Å². The van der Waals surface area contributed by atoms with E-state index in [1.54, 1.807) is 19.9 Å². The Hall–Kier alpha value is -1.92. The van der Waals surface area contributed by atoms with Crippen LogP contribution in [0.2, 0.25) is 0 Å². The minimum Gasteiger partial charge on any atom is -0.340 e. The number of likely N-dealkylation sites (tertiary alicyclic amines) is 1. The molecule has 1 aromatic carbocycles. The third kappa shape index (κ3) is 4.02. The lowest BCUT2D eigenvalue weighted by molar-refractivity contribution is -0.140. The molecule has 0 bridgehead atoms. The maximum atomic E-state index is 12.5. The second kappa shape index (κ2) is 7.97. The lowest BCUT2D eigenvalue weighted by Crippen LogP contribution is -2.43. The molecule has 1 fully saturated rings. The molecule has 7 heteroatoms. The van der Waals surface area contributed by atoms with Crippen molar-refractivity contribution in [1.29, 1.82) is 0 Å². The smallest absolute Gasteiger partial charge is 0.252 e. The van der Waals surface area contributed by atoms with Gasteiger partial charge in [-0.05, 0) is 63.0 Å².